The highest BCUT2D eigenvalue weighted by Crippen LogP contribution is 2.19. The highest BCUT2D eigenvalue weighted by Gasteiger charge is 2.17. The molecule has 21 heavy (non-hydrogen) atoms. The van der Waals surface area contributed by atoms with Crippen molar-refractivity contribution in [1.82, 2.24) is 10.2 Å². The molecule has 1 amide bonds. The number of likely N-dealkylation sites (tertiary alicyclic amines) is 1. The summed E-state index contributed by atoms with van der Waals surface area (Å²) in [6, 6.07) is 8.37. The summed E-state index contributed by atoms with van der Waals surface area (Å²) in [6.45, 7) is 7.18. The van der Waals surface area contributed by atoms with Gasteiger partial charge in [-0.15, -0.1) is 0 Å². The third-order valence-electron chi connectivity index (χ3n) is 4.14. The van der Waals surface area contributed by atoms with Gasteiger partial charge in [-0.1, -0.05) is 12.1 Å². The van der Waals surface area contributed by atoms with Crippen LogP contribution in [0.5, 0.6) is 0 Å². The van der Waals surface area contributed by atoms with Crippen LogP contribution in [0.2, 0.25) is 0 Å². The van der Waals surface area contributed by atoms with E-state index in [0.717, 1.165) is 18.2 Å². The molecule has 1 aliphatic heterocycles. The number of hydrogen-bond donors (Lipinski definition) is 2. The maximum atomic E-state index is 11.1. The van der Waals surface area contributed by atoms with Gasteiger partial charge in [0.15, 0.2) is 0 Å². The molecule has 1 aromatic carbocycles. The van der Waals surface area contributed by atoms with Crippen LogP contribution in [0, 0.1) is 5.92 Å². The van der Waals surface area contributed by atoms with Crippen LogP contribution in [0.3, 0.4) is 0 Å². The fraction of sp³-hybridized carbons (Fsp3) is 0.588. The minimum absolute atomic E-state index is 0.0296. The summed E-state index contributed by atoms with van der Waals surface area (Å²) < 4.78 is 0. The normalized spacial score (nSPS) is 21.0. The van der Waals surface area contributed by atoms with Crippen molar-refractivity contribution >= 4 is 11.6 Å². The van der Waals surface area contributed by atoms with Crippen LogP contribution in [0.25, 0.3) is 0 Å². The maximum Gasteiger partial charge on any atom is 0.221 e. The monoisotopic (exact) mass is 289 g/mol. The van der Waals surface area contributed by atoms with Crippen LogP contribution in [-0.4, -0.2) is 37.5 Å². The second kappa shape index (κ2) is 7.57. The van der Waals surface area contributed by atoms with Crippen molar-refractivity contribution in [1.29, 1.82) is 0 Å². The number of benzene rings is 1. The van der Waals surface area contributed by atoms with Gasteiger partial charge in [0, 0.05) is 25.2 Å². The predicted octanol–water partition coefficient (Wildman–Crippen LogP) is 2.64. The summed E-state index contributed by atoms with van der Waals surface area (Å²) in [5.74, 6) is 0.711. The zero-order valence-electron chi connectivity index (χ0n) is 13.4. The number of nitrogens with one attached hydrogen (secondary N) is 2. The summed E-state index contributed by atoms with van der Waals surface area (Å²) in [6.07, 6.45) is 2.62. The Bertz CT molecular complexity index is 475. The van der Waals surface area contributed by atoms with E-state index in [1.54, 1.807) is 0 Å². The highest BCUT2D eigenvalue weighted by atomic mass is 16.1. The van der Waals surface area contributed by atoms with Gasteiger partial charge >= 0.3 is 0 Å². The molecular formula is C17H27N3O. The molecule has 0 spiro atoms. The van der Waals surface area contributed by atoms with Gasteiger partial charge in [0.05, 0.1) is 0 Å². The van der Waals surface area contributed by atoms with Crippen molar-refractivity contribution in [2.24, 2.45) is 5.92 Å². The van der Waals surface area contributed by atoms with Gasteiger partial charge in [-0.25, -0.2) is 0 Å². The Morgan fingerprint density at radius 3 is 3.00 bits per heavy atom. The Balaban J connectivity index is 1.87. The lowest BCUT2D eigenvalue weighted by Gasteiger charge is -2.30. The third-order valence-corrected chi connectivity index (χ3v) is 4.14. The van der Waals surface area contributed by atoms with Crippen LogP contribution < -0.4 is 10.6 Å². The molecular weight excluding hydrogens is 262 g/mol. The van der Waals surface area contributed by atoms with Crippen LogP contribution in [0.15, 0.2) is 24.3 Å². The first-order valence-electron chi connectivity index (χ1n) is 7.84. The highest BCUT2D eigenvalue weighted by molar-refractivity contribution is 5.88. The minimum atomic E-state index is -0.0296. The number of anilines is 1. The molecule has 0 aliphatic carbocycles. The van der Waals surface area contributed by atoms with Crippen molar-refractivity contribution in [3.63, 3.8) is 0 Å². The topological polar surface area (TPSA) is 44.4 Å². The molecule has 2 N–H and O–H groups in total. The molecule has 4 heteroatoms. The van der Waals surface area contributed by atoms with E-state index in [-0.39, 0.29) is 5.91 Å². The molecule has 0 saturated carbocycles. The molecule has 1 heterocycles. The van der Waals surface area contributed by atoms with Gasteiger partial charge in [0.2, 0.25) is 5.91 Å². The van der Waals surface area contributed by atoms with E-state index < -0.39 is 0 Å². The molecule has 1 saturated heterocycles. The summed E-state index contributed by atoms with van der Waals surface area (Å²) in [4.78, 5) is 13.5. The maximum absolute atomic E-state index is 11.1. The number of carbonyl (C=O) groups is 1. The molecule has 2 atom stereocenters. The Morgan fingerprint density at radius 2 is 2.29 bits per heavy atom. The van der Waals surface area contributed by atoms with E-state index in [9.17, 15) is 4.79 Å². The molecule has 2 unspecified atom stereocenters. The van der Waals surface area contributed by atoms with Gasteiger partial charge in [-0.3, -0.25) is 4.79 Å². The van der Waals surface area contributed by atoms with Crippen molar-refractivity contribution in [2.45, 2.75) is 32.7 Å². The molecule has 2 rings (SSSR count). The molecule has 116 valence electrons. The van der Waals surface area contributed by atoms with Crippen LogP contribution in [0.4, 0.5) is 5.69 Å². The van der Waals surface area contributed by atoms with Gasteiger partial charge < -0.3 is 15.5 Å². The summed E-state index contributed by atoms with van der Waals surface area (Å²) in [5.41, 5.74) is 2.08. The van der Waals surface area contributed by atoms with E-state index in [2.05, 4.69) is 35.6 Å². The molecule has 1 fully saturated rings. The van der Waals surface area contributed by atoms with Gasteiger partial charge in [0.1, 0.15) is 0 Å². The average molecular weight is 289 g/mol. The quantitative estimate of drug-likeness (QED) is 0.876. The zero-order valence-corrected chi connectivity index (χ0v) is 13.4. The number of hydrogen-bond acceptors (Lipinski definition) is 3. The lowest BCUT2D eigenvalue weighted by atomic mass is 9.97. The van der Waals surface area contributed by atoms with E-state index in [4.69, 9.17) is 0 Å². The van der Waals surface area contributed by atoms with Crippen LogP contribution in [0.1, 0.15) is 38.3 Å². The first-order valence-corrected chi connectivity index (χ1v) is 7.84. The first-order chi connectivity index (χ1) is 10.0. The lowest BCUT2D eigenvalue weighted by molar-refractivity contribution is -0.114. The van der Waals surface area contributed by atoms with Crippen molar-refractivity contribution < 1.29 is 4.79 Å². The number of rotatable bonds is 5. The van der Waals surface area contributed by atoms with Gasteiger partial charge in [-0.2, -0.15) is 0 Å². The van der Waals surface area contributed by atoms with Crippen molar-refractivity contribution in [3.8, 4) is 0 Å². The van der Waals surface area contributed by atoms with Crippen molar-refractivity contribution in [3.05, 3.63) is 29.8 Å². The summed E-state index contributed by atoms with van der Waals surface area (Å²) >= 11 is 0. The third kappa shape index (κ3) is 5.14. The fourth-order valence-corrected chi connectivity index (χ4v) is 2.99. The number of amides is 1. The molecule has 0 radical (unpaired) electrons. The van der Waals surface area contributed by atoms with Gasteiger partial charge in [-0.05, 0) is 63.5 Å². The van der Waals surface area contributed by atoms with E-state index >= 15 is 0 Å². The fourth-order valence-electron chi connectivity index (χ4n) is 2.99. The Labute approximate surface area is 127 Å². The van der Waals surface area contributed by atoms with E-state index in [1.165, 1.54) is 38.4 Å². The van der Waals surface area contributed by atoms with E-state index in [0.29, 0.717) is 6.04 Å². The van der Waals surface area contributed by atoms with Crippen molar-refractivity contribution in [2.75, 3.05) is 32.0 Å². The largest absolute Gasteiger partial charge is 0.326 e. The zero-order chi connectivity index (χ0) is 15.2. The molecule has 1 aliphatic rings. The number of carbonyl (C=O) groups excluding carboxylic acids is 1. The summed E-state index contributed by atoms with van der Waals surface area (Å²) in [7, 11) is 2.20. The standard InChI is InChI=1S/C17H27N3O/c1-13(18-11-15-6-5-9-20(3)12-15)16-7-4-8-17(10-16)19-14(2)21/h4,7-8,10,13,15,18H,5-6,9,11-12H2,1-3H3,(H,19,21). The molecule has 4 nitrogen and oxygen atoms in total. The van der Waals surface area contributed by atoms with E-state index in [1.807, 2.05) is 18.2 Å². The SMILES string of the molecule is CC(=O)Nc1cccc(C(C)NCC2CCCN(C)C2)c1. The second-order valence-corrected chi connectivity index (χ2v) is 6.21. The Morgan fingerprint density at radius 1 is 1.48 bits per heavy atom. The average Bonchev–Trinajstić information content (AvgIpc) is 2.44. The Kier molecular flexibility index (Phi) is 5.76. The molecule has 0 aromatic heterocycles. The minimum Gasteiger partial charge on any atom is -0.326 e. The first kappa shape index (κ1) is 16.0. The summed E-state index contributed by atoms with van der Waals surface area (Å²) in [5, 5.41) is 6.47. The smallest absolute Gasteiger partial charge is 0.221 e. The lowest BCUT2D eigenvalue weighted by Crippen LogP contribution is -2.37. The second-order valence-electron chi connectivity index (χ2n) is 6.21. The predicted molar refractivity (Wildman–Crippen MR) is 87.4 cm³/mol. The Hall–Kier alpha value is -1.39. The number of piperidine rings is 1. The van der Waals surface area contributed by atoms with Gasteiger partial charge in [0.25, 0.3) is 0 Å². The number of nitrogens with zero attached hydrogens (tertiary/aromatic N) is 1. The van der Waals surface area contributed by atoms with Crippen LogP contribution in [-0.2, 0) is 4.79 Å². The molecule has 1 aromatic rings. The molecule has 0 bridgehead atoms. The van der Waals surface area contributed by atoms with Crippen LogP contribution >= 0.6 is 0 Å².